The Labute approximate surface area is 166 Å². The van der Waals surface area contributed by atoms with Gasteiger partial charge in [-0.05, 0) is 39.3 Å². The van der Waals surface area contributed by atoms with Gasteiger partial charge in [0.2, 0.25) is 5.89 Å². The molecule has 0 bridgehead atoms. The van der Waals surface area contributed by atoms with Crippen LogP contribution in [0.25, 0.3) is 11.5 Å². The number of carbonyl (C=O) groups excluding carboxylic acids is 2. The molecular weight excluding hydrogens is 378 g/mol. The van der Waals surface area contributed by atoms with E-state index < -0.39 is 5.97 Å². The lowest BCUT2D eigenvalue weighted by Crippen LogP contribution is -2.13. The van der Waals surface area contributed by atoms with Gasteiger partial charge >= 0.3 is 5.97 Å². The number of aryl methyl sites for hydroxylation is 3. The van der Waals surface area contributed by atoms with Crippen molar-refractivity contribution in [1.29, 1.82) is 0 Å². The van der Waals surface area contributed by atoms with Gasteiger partial charge in [-0.1, -0.05) is 30.0 Å². The van der Waals surface area contributed by atoms with E-state index in [-0.39, 0.29) is 23.7 Å². The topological polar surface area (TPSA) is 98.1 Å². The third kappa shape index (κ3) is 4.01. The highest BCUT2D eigenvalue weighted by Gasteiger charge is 2.25. The molecule has 146 valence electrons. The fourth-order valence-corrected chi connectivity index (χ4v) is 3.61. The third-order valence-electron chi connectivity index (χ3n) is 4.24. The van der Waals surface area contributed by atoms with E-state index in [0.717, 1.165) is 22.9 Å². The van der Waals surface area contributed by atoms with Crippen LogP contribution in [0.15, 0.2) is 33.9 Å². The summed E-state index contributed by atoms with van der Waals surface area (Å²) in [6.07, 6.45) is 0. The van der Waals surface area contributed by atoms with Crippen LogP contribution in [0, 0.1) is 20.8 Å². The summed E-state index contributed by atoms with van der Waals surface area (Å²) in [5, 5.41) is 8.37. The molecule has 2 aromatic heterocycles. The molecule has 0 aliphatic rings. The molecule has 3 aromatic rings. The van der Waals surface area contributed by atoms with E-state index in [0.29, 0.717) is 28.1 Å². The number of aromatic nitrogens is 3. The van der Waals surface area contributed by atoms with Crippen molar-refractivity contribution < 1.29 is 18.7 Å². The molecule has 0 aliphatic heterocycles. The van der Waals surface area contributed by atoms with Crippen molar-refractivity contribution in [2.24, 2.45) is 0 Å². The second kappa shape index (κ2) is 8.43. The molecular formula is C20H21N3O4S. The summed E-state index contributed by atoms with van der Waals surface area (Å²) in [6.45, 7) is 7.44. The summed E-state index contributed by atoms with van der Waals surface area (Å²) in [5.41, 5.74) is 3.77. The SMILES string of the molecule is CCOC(=O)c1c(C)[nH]c(C)c1C(=O)CSc1nnc(-c2ccccc2C)o1. The van der Waals surface area contributed by atoms with Gasteiger partial charge in [-0.25, -0.2) is 4.79 Å². The third-order valence-corrected chi connectivity index (χ3v) is 5.06. The number of carbonyl (C=O) groups is 2. The van der Waals surface area contributed by atoms with Gasteiger partial charge in [-0.3, -0.25) is 4.79 Å². The van der Waals surface area contributed by atoms with E-state index in [1.807, 2.05) is 31.2 Å². The van der Waals surface area contributed by atoms with Crippen LogP contribution in [0.1, 0.15) is 44.6 Å². The summed E-state index contributed by atoms with van der Waals surface area (Å²) in [6, 6.07) is 7.70. The number of nitrogens with zero attached hydrogens (tertiary/aromatic N) is 2. The summed E-state index contributed by atoms with van der Waals surface area (Å²) in [7, 11) is 0. The van der Waals surface area contributed by atoms with Crippen LogP contribution in [-0.2, 0) is 4.74 Å². The predicted molar refractivity (Wildman–Crippen MR) is 106 cm³/mol. The lowest BCUT2D eigenvalue weighted by Gasteiger charge is -2.05. The zero-order chi connectivity index (χ0) is 20.3. The van der Waals surface area contributed by atoms with Gasteiger partial charge in [0, 0.05) is 17.0 Å². The molecule has 0 fully saturated rings. The first-order valence-electron chi connectivity index (χ1n) is 8.84. The fourth-order valence-electron chi connectivity index (χ4n) is 2.98. The largest absolute Gasteiger partial charge is 0.462 e. The number of ketones is 1. The first kappa shape index (κ1) is 19.9. The molecule has 0 saturated heterocycles. The zero-order valence-corrected chi connectivity index (χ0v) is 17.0. The van der Waals surface area contributed by atoms with Crippen LogP contribution in [0.2, 0.25) is 0 Å². The van der Waals surface area contributed by atoms with Crippen molar-refractivity contribution >= 4 is 23.5 Å². The molecule has 8 heteroatoms. The number of hydrogen-bond acceptors (Lipinski definition) is 7. The number of Topliss-reactive ketones (excluding diaryl/α,β-unsaturated/α-hetero) is 1. The minimum Gasteiger partial charge on any atom is -0.462 e. The molecule has 2 heterocycles. The Hall–Kier alpha value is -2.87. The van der Waals surface area contributed by atoms with E-state index >= 15 is 0 Å². The number of benzene rings is 1. The van der Waals surface area contributed by atoms with E-state index in [4.69, 9.17) is 9.15 Å². The number of nitrogens with one attached hydrogen (secondary N) is 1. The number of thioether (sulfide) groups is 1. The average molecular weight is 399 g/mol. The van der Waals surface area contributed by atoms with Crippen molar-refractivity contribution in [2.45, 2.75) is 32.9 Å². The molecule has 0 radical (unpaired) electrons. The summed E-state index contributed by atoms with van der Waals surface area (Å²) < 4.78 is 10.8. The van der Waals surface area contributed by atoms with Crippen LogP contribution >= 0.6 is 11.8 Å². The Kier molecular flexibility index (Phi) is 5.99. The van der Waals surface area contributed by atoms with Crippen LogP contribution in [0.5, 0.6) is 0 Å². The van der Waals surface area contributed by atoms with Crippen molar-refractivity contribution in [3.05, 3.63) is 52.3 Å². The van der Waals surface area contributed by atoms with Crippen molar-refractivity contribution in [2.75, 3.05) is 12.4 Å². The van der Waals surface area contributed by atoms with E-state index in [1.54, 1.807) is 20.8 Å². The monoisotopic (exact) mass is 399 g/mol. The van der Waals surface area contributed by atoms with Crippen molar-refractivity contribution in [3.8, 4) is 11.5 Å². The first-order valence-corrected chi connectivity index (χ1v) is 9.82. The number of H-pyrrole nitrogens is 1. The lowest BCUT2D eigenvalue weighted by atomic mass is 10.1. The second-order valence-electron chi connectivity index (χ2n) is 6.25. The maximum Gasteiger partial charge on any atom is 0.340 e. The number of ether oxygens (including phenoxy) is 1. The minimum absolute atomic E-state index is 0.0694. The van der Waals surface area contributed by atoms with Gasteiger partial charge in [0.05, 0.1) is 23.5 Å². The zero-order valence-electron chi connectivity index (χ0n) is 16.2. The highest BCUT2D eigenvalue weighted by molar-refractivity contribution is 7.99. The summed E-state index contributed by atoms with van der Waals surface area (Å²) in [4.78, 5) is 28.0. The molecule has 1 N–H and O–H groups in total. The molecule has 0 unspecified atom stereocenters. The quantitative estimate of drug-likeness (QED) is 0.362. The molecule has 0 saturated carbocycles. The molecule has 28 heavy (non-hydrogen) atoms. The molecule has 3 rings (SSSR count). The number of esters is 1. The lowest BCUT2D eigenvalue weighted by molar-refractivity contribution is 0.0522. The number of rotatable bonds is 7. The Bertz CT molecular complexity index is 1020. The number of hydrogen-bond donors (Lipinski definition) is 1. The molecule has 0 atom stereocenters. The van der Waals surface area contributed by atoms with Gasteiger partial charge in [0.15, 0.2) is 5.78 Å². The Morgan fingerprint density at radius 2 is 1.82 bits per heavy atom. The maximum absolute atomic E-state index is 12.8. The molecule has 1 aromatic carbocycles. The smallest absolute Gasteiger partial charge is 0.340 e. The Morgan fingerprint density at radius 1 is 1.11 bits per heavy atom. The highest BCUT2D eigenvalue weighted by Crippen LogP contribution is 2.27. The standard InChI is InChI=1S/C20H21N3O4S/c1-5-26-19(25)17-13(4)21-12(3)16(17)15(24)10-28-20-23-22-18(27-20)14-9-7-6-8-11(14)2/h6-9,21H,5,10H2,1-4H3. The Morgan fingerprint density at radius 3 is 2.54 bits per heavy atom. The fraction of sp³-hybridized carbons (Fsp3) is 0.300. The van der Waals surface area contributed by atoms with Gasteiger partial charge in [-0.15, -0.1) is 10.2 Å². The summed E-state index contributed by atoms with van der Waals surface area (Å²) >= 11 is 1.14. The molecule has 0 amide bonds. The average Bonchev–Trinajstić information content (AvgIpc) is 3.24. The van der Waals surface area contributed by atoms with Crippen LogP contribution in [0.3, 0.4) is 0 Å². The van der Waals surface area contributed by atoms with Gasteiger partial charge in [-0.2, -0.15) is 0 Å². The number of aromatic amines is 1. The van der Waals surface area contributed by atoms with E-state index in [2.05, 4.69) is 15.2 Å². The van der Waals surface area contributed by atoms with Gasteiger partial charge < -0.3 is 14.1 Å². The minimum atomic E-state index is -0.502. The maximum atomic E-state index is 12.8. The van der Waals surface area contributed by atoms with E-state index in [9.17, 15) is 9.59 Å². The molecule has 7 nitrogen and oxygen atoms in total. The van der Waals surface area contributed by atoms with Crippen LogP contribution in [0.4, 0.5) is 0 Å². The van der Waals surface area contributed by atoms with Crippen LogP contribution in [-0.4, -0.2) is 39.3 Å². The van der Waals surface area contributed by atoms with Crippen molar-refractivity contribution in [1.82, 2.24) is 15.2 Å². The van der Waals surface area contributed by atoms with E-state index in [1.165, 1.54) is 0 Å². The first-order chi connectivity index (χ1) is 13.4. The molecule has 0 aliphatic carbocycles. The van der Waals surface area contributed by atoms with Gasteiger partial charge in [0.25, 0.3) is 5.22 Å². The van der Waals surface area contributed by atoms with Gasteiger partial charge in [0.1, 0.15) is 0 Å². The summed E-state index contributed by atoms with van der Waals surface area (Å²) in [5.74, 6) is -0.225. The normalized spacial score (nSPS) is 10.9. The highest BCUT2D eigenvalue weighted by atomic mass is 32.2. The van der Waals surface area contributed by atoms with Crippen molar-refractivity contribution in [3.63, 3.8) is 0 Å². The molecule has 0 spiro atoms. The predicted octanol–water partition coefficient (Wildman–Crippen LogP) is 4.14. The second-order valence-corrected chi connectivity index (χ2v) is 7.17. The Balaban J connectivity index is 1.75. The van der Waals surface area contributed by atoms with Crippen LogP contribution < -0.4 is 0 Å².